The molecule has 0 unspecified atom stereocenters. The van der Waals surface area contributed by atoms with Crippen LogP contribution in [0.15, 0.2) is 17.1 Å². The minimum absolute atomic E-state index is 0.0754. The van der Waals surface area contributed by atoms with E-state index in [0.29, 0.717) is 5.92 Å². The van der Waals surface area contributed by atoms with Crippen molar-refractivity contribution in [3.8, 4) is 0 Å². The highest BCUT2D eigenvalue weighted by Gasteiger charge is 2.29. The van der Waals surface area contributed by atoms with E-state index in [1.807, 2.05) is 6.07 Å². The molecule has 0 amide bonds. The normalized spacial score (nSPS) is 20.5. The minimum atomic E-state index is 0.0754. The van der Waals surface area contributed by atoms with Crippen LogP contribution in [0, 0.1) is 5.92 Å². The number of fused-ring (bicyclic) bond motifs is 2. The first-order chi connectivity index (χ1) is 12.8. The summed E-state index contributed by atoms with van der Waals surface area (Å²) in [5.41, 5.74) is 3.80. The van der Waals surface area contributed by atoms with Gasteiger partial charge < -0.3 is 4.57 Å². The molecule has 2 aromatic rings. The molecular formula is C20H27N5O. The highest BCUT2D eigenvalue weighted by molar-refractivity contribution is 5.20. The second-order valence-electron chi connectivity index (χ2n) is 8.18. The van der Waals surface area contributed by atoms with Gasteiger partial charge in [-0.2, -0.15) is 5.10 Å². The average Bonchev–Trinajstić information content (AvgIpc) is 3.03. The largest absolute Gasteiger partial charge is 0.331 e. The molecule has 0 spiro atoms. The van der Waals surface area contributed by atoms with Gasteiger partial charge in [0.25, 0.3) is 5.56 Å². The Morgan fingerprint density at radius 2 is 1.92 bits per heavy atom. The van der Waals surface area contributed by atoms with E-state index >= 15 is 0 Å². The van der Waals surface area contributed by atoms with E-state index in [2.05, 4.69) is 25.7 Å². The zero-order chi connectivity index (χ0) is 17.5. The van der Waals surface area contributed by atoms with Crippen LogP contribution in [0.1, 0.15) is 48.5 Å². The molecular weight excluding hydrogens is 326 g/mol. The summed E-state index contributed by atoms with van der Waals surface area (Å²) >= 11 is 0. The standard InChI is InChI=1S/C20H27N5O/c26-20-9-16-5-1-2-7-18(16)22-25(20)13-15-11-23(12-15)14-19-21-10-17-6-3-4-8-24(17)19/h9-10,15H,1-8,11-14H2. The molecule has 0 bridgehead atoms. The second-order valence-corrected chi connectivity index (χ2v) is 8.18. The lowest BCUT2D eigenvalue weighted by Gasteiger charge is -2.39. The molecule has 0 aromatic carbocycles. The molecule has 2 aromatic heterocycles. The lowest BCUT2D eigenvalue weighted by atomic mass is 9.96. The van der Waals surface area contributed by atoms with Crippen LogP contribution in [0.4, 0.5) is 0 Å². The third-order valence-electron chi connectivity index (χ3n) is 6.19. The van der Waals surface area contributed by atoms with Crippen molar-refractivity contribution < 1.29 is 0 Å². The second kappa shape index (κ2) is 6.65. The van der Waals surface area contributed by atoms with E-state index in [-0.39, 0.29) is 5.56 Å². The molecule has 4 heterocycles. The maximum absolute atomic E-state index is 12.3. The summed E-state index contributed by atoms with van der Waals surface area (Å²) in [6, 6.07) is 1.83. The Labute approximate surface area is 153 Å². The molecule has 6 heteroatoms. The molecule has 1 aliphatic carbocycles. The smallest absolute Gasteiger partial charge is 0.267 e. The molecule has 0 N–H and O–H groups in total. The molecule has 0 radical (unpaired) electrons. The lowest BCUT2D eigenvalue weighted by Crippen LogP contribution is -2.49. The summed E-state index contributed by atoms with van der Waals surface area (Å²) in [6.07, 6.45) is 10.2. The fourth-order valence-electron chi connectivity index (χ4n) is 4.73. The van der Waals surface area contributed by atoms with Gasteiger partial charge in [0.1, 0.15) is 5.82 Å². The Kier molecular flexibility index (Phi) is 4.15. The van der Waals surface area contributed by atoms with E-state index in [0.717, 1.165) is 51.3 Å². The van der Waals surface area contributed by atoms with Gasteiger partial charge in [0.15, 0.2) is 0 Å². The Bertz CT molecular complexity index is 862. The monoisotopic (exact) mass is 353 g/mol. The summed E-state index contributed by atoms with van der Waals surface area (Å²) in [6.45, 7) is 4.88. The fourth-order valence-corrected chi connectivity index (χ4v) is 4.73. The van der Waals surface area contributed by atoms with Crippen LogP contribution >= 0.6 is 0 Å². The molecule has 0 saturated carbocycles. The topological polar surface area (TPSA) is 56.0 Å². The van der Waals surface area contributed by atoms with E-state index < -0.39 is 0 Å². The zero-order valence-electron chi connectivity index (χ0n) is 15.4. The molecule has 5 rings (SSSR count). The Morgan fingerprint density at radius 3 is 2.85 bits per heavy atom. The van der Waals surface area contributed by atoms with E-state index in [1.165, 1.54) is 49.2 Å². The number of rotatable bonds is 4. The number of hydrogen-bond donors (Lipinski definition) is 0. The molecule has 1 fully saturated rings. The third kappa shape index (κ3) is 3.00. The van der Waals surface area contributed by atoms with Crippen molar-refractivity contribution in [3.63, 3.8) is 0 Å². The number of imidazole rings is 1. The Balaban J connectivity index is 1.20. The molecule has 3 aliphatic rings. The molecule has 138 valence electrons. The van der Waals surface area contributed by atoms with Crippen LogP contribution in [0.2, 0.25) is 0 Å². The van der Waals surface area contributed by atoms with Crippen molar-refractivity contribution in [3.05, 3.63) is 45.4 Å². The number of aromatic nitrogens is 4. The summed E-state index contributed by atoms with van der Waals surface area (Å²) in [5.74, 6) is 1.74. The van der Waals surface area contributed by atoms with Crippen molar-refractivity contribution in [2.24, 2.45) is 5.92 Å². The number of aryl methyl sites for hydroxylation is 3. The van der Waals surface area contributed by atoms with Crippen molar-refractivity contribution in [2.45, 2.75) is 64.6 Å². The summed E-state index contributed by atoms with van der Waals surface area (Å²) in [7, 11) is 0. The summed E-state index contributed by atoms with van der Waals surface area (Å²) < 4.78 is 4.12. The number of nitrogens with zero attached hydrogens (tertiary/aromatic N) is 5. The first kappa shape index (κ1) is 16.2. The molecule has 1 saturated heterocycles. The Hall–Kier alpha value is -1.95. The molecule has 26 heavy (non-hydrogen) atoms. The van der Waals surface area contributed by atoms with Gasteiger partial charge >= 0.3 is 0 Å². The maximum Gasteiger partial charge on any atom is 0.267 e. The first-order valence-electron chi connectivity index (χ1n) is 10.1. The van der Waals surface area contributed by atoms with Crippen LogP contribution in [0.3, 0.4) is 0 Å². The quantitative estimate of drug-likeness (QED) is 0.841. The fraction of sp³-hybridized carbons (Fsp3) is 0.650. The Morgan fingerprint density at radius 1 is 1.08 bits per heavy atom. The minimum Gasteiger partial charge on any atom is -0.331 e. The molecule has 6 nitrogen and oxygen atoms in total. The van der Waals surface area contributed by atoms with Gasteiger partial charge in [0.2, 0.25) is 0 Å². The van der Waals surface area contributed by atoms with Gasteiger partial charge in [-0.15, -0.1) is 0 Å². The van der Waals surface area contributed by atoms with Gasteiger partial charge in [-0.25, -0.2) is 9.67 Å². The summed E-state index contributed by atoms with van der Waals surface area (Å²) in [5, 5.41) is 4.66. The van der Waals surface area contributed by atoms with Crippen molar-refractivity contribution >= 4 is 0 Å². The van der Waals surface area contributed by atoms with Gasteiger partial charge in [-0.3, -0.25) is 9.69 Å². The summed E-state index contributed by atoms with van der Waals surface area (Å²) in [4.78, 5) is 19.4. The zero-order valence-corrected chi connectivity index (χ0v) is 15.4. The van der Waals surface area contributed by atoms with Crippen LogP contribution in [-0.2, 0) is 38.9 Å². The van der Waals surface area contributed by atoms with E-state index in [4.69, 9.17) is 0 Å². The van der Waals surface area contributed by atoms with Gasteiger partial charge in [-0.1, -0.05) is 0 Å². The molecule has 2 aliphatic heterocycles. The van der Waals surface area contributed by atoms with Gasteiger partial charge in [-0.05, 0) is 50.5 Å². The highest BCUT2D eigenvalue weighted by Crippen LogP contribution is 2.23. The number of likely N-dealkylation sites (tertiary alicyclic amines) is 1. The lowest BCUT2D eigenvalue weighted by molar-refractivity contribution is 0.0724. The highest BCUT2D eigenvalue weighted by atomic mass is 16.1. The number of hydrogen-bond acceptors (Lipinski definition) is 4. The third-order valence-corrected chi connectivity index (χ3v) is 6.19. The van der Waals surface area contributed by atoms with Crippen molar-refractivity contribution in [2.75, 3.05) is 13.1 Å². The first-order valence-corrected chi connectivity index (χ1v) is 10.1. The SMILES string of the molecule is O=c1cc2c(nn1CC1CN(Cc3ncc4n3CCCC4)C1)CCCC2. The average molecular weight is 353 g/mol. The predicted molar refractivity (Wildman–Crippen MR) is 99.1 cm³/mol. The predicted octanol–water partition coefficient (Wildman–Crippen LogP) is 1.79. The van der Waals surface area contributed by atoms with Crippen molar-refractivity contribution in [1.29, 1.82) is 0 Å². The van der Waals surface area contributed by atoms with Crippen LogP contribution in [0.5, 0.6) is 0 Å². The van der Waals surface area contributed by atoms with Crippen molar-refractivity contribution in [1.82, 2.24) is 24.2 Å². The van der Waals surface area contributed by atoms with Gasteiger partial charge in [0.05, 0.1) is 18.8 Å². The van der Waals surface area contributed by atoms with E-state index in [1.54, 1.807) is 4.68 Å². The van der Waals surface area contributed by atoms with Gasteiger partial charge in [0, 0.05) is 43.5 Å². The van der Waals surface area contributed by atoms with Crippen LogP contribution < -0.4 is 5.56 Å². The van der Waals surface area contributed by atoms with E-state index in [9.17, 15) is 4.79 Å². The molecule has 0 atom stereocenters. The van der Waals surface area contributed by atoms with Crippen LogP contribution in [0.25, 0.3) is 0 Å². The maximum atomic E-state index is 12.3. The van der Waals surface area contributed by atoms with Crippen LogP contribution in [-0.4, -0.2) is 37.3 Å².